The van der Waals surface area contributed by atoms with Gasteiger partial charge in [-0.1, -0.05) is 12.1 Å². The summed E-state index contributed by atoms with van der Waals surface area (Å²) in [5.41, 5.74) is 2.64. The SMILES string of the molecule is COc1cccc2c1CCNC2COC(C)C. The lowest BCUT2D eigenvalue weighted by Gasteiger charge is -2.28. The summed E-state index contributed by atoms with van der Waals surface area (Å²) < 4.78 is 11.1. The first-order valence-corrected chi connectivity index (χ1v) is 6.23. The summed E-state index contributed by atoms with van der Waals surface area (Å²) in [4.78, 5) is 0. The Morgan fingerprint density at radius 3 is 2.94 bits per heavy atom. The second-order valence-electron chi connectivity index (χ2n) is 4.67. The summed E-state index contributed by atoms with van der Waals surface area (Å²) in [6, 6.07) is 6.53. The van der Waals surface area contributed by atoms with Crippen LogP contribution in [0.15, 0.2) is 18.2 Å². The average molecular weight is 235 g/mol. The zero-order valence-corrected chi connectivity index (χ0v) is 10.8. The van der Waals surface area contributed by atoms with E-state index in [-0.39, 0.29) is 12.1 Å². The largest absolute Gasteiger partial charge is 0.496 e. The number of hydrogen-bond acceptors (Lipinski definition) is 3. The third-order valence-corrected chi connectivity index (χ3v) is 3.13. The molecule has 0 bridgehead atoms. The highest BCUT2D eigenvalue weighted by molar-refractivity contribution is 5.43. The summed E-state index contributed by atoms with van der Waals surface area (Å²) in [7, 11) is 1.73. The molecule has 3 heteroatoms. The molecule has 0 aromatic heterocycles. The molecule has 0 saturated carbocycles. The molecule has 94 valence electrons. The Bertz CT molecular complexity index is 376. The van der Waals surface area contributed by atoms with Crippen molar-refractivity contribution in [2.45, 2.75) is 32.4 Å². The Hall–Kier alpha value is -1.06. The second-order valence-corrected chi connectivity index (χ2v) is 4.67. The fourth-order valence-corrected chi connectivity index (χ4v) is 2.29. The van der Waals surface area contributed by atoms with E-state index in [0.29, 0.717) is 0 Å². The van der Waals surface area contributed by atoms with Crippen molar-refractivity contribution in [1.29, 1.82) is 0 Å². The lowest BCUT2D eigenvalue weighted by atomic mass is 9.94. The number of fused-ring (bicyclic) bond motifs is 1. The van der Waals surface area contributed by atoms with Gasteiger partial charge >= 0.3 is 0 Å². The van der Waals surface area contributed by atoms with E-state index < -0.39 is 0 Å². The van der Waals surface area contributed by atoms with Gasteiger partial charge in [0.2, 0.25) is 0 Å². The fraction of sp³-hybridized carbons (Fsp3) is 0.571. The van der Waals surface area contributed by atoms with Crippen LogP contribution >= 0.6 is 0 Å². The predicted molar refractivity (Wildman–Crippen MR) is 68.5 cm³/mol. The van der Waals surface area contributed by atoms with E-state index in [0.717, 1.165) is 25.3 Å². The molecule has 3 nitrogen and oxygen atoms in total. The van der Waals surface area contributed by atoms with E-state index in [1.807, 2.05) is 12.1 Å². The first-order valence-electron chi connectivity index (χ1n) is 6.23. The zero-order chi connectivity index (χ0) is 12.3. The van der Waals surface area contributed by atoms with Crippen molar-refractivity contribution in [1.82, 2.24) is 5.32 Å². The van der Waals surface area contributed by atoms with Gasteiger partial charge in [0.15, 0.2) is 0 Å². The minimum absolute atomic E-state index is 0.271. The normalized spacial score (nSPS) is 19.2. The molecule has 0 amide bonds. The molecule has 1 aromatic carbocycles. The number of benzene rings is 1. The van der Waals surface area contributed by atoms with Crippen LogP contribution in [0.3, 0.4) is 0 Å². The maximum Gasteiger partial charge on any atom is 0.122 e. The maximum absolute atomic E-state index is 5.71. The van der Waals surface area contributed by atoms with Crippen molar-refractivity contribution < 1.29 is 9.47 Å². The van der Waals surface area contributed by atoms with E-state index in [2.05, 4.69) is 25.2 Å². The zero-order valence-electron chi connectivity index (χ0n) is 10.8. The van der Waals surface area contributed by atoms with Crippen LogP contribution in [0.4, 0.5) is 0 Å². The molecule has 17 heavy (non-hydrogen) atoms. The van der Waals surface area contributed by atoms with Crippen molar-refractivity contribution in [3.8, 4) is 5.75 Å². The highest BCUT2D eigenvalue weighted by Gasteiger charge is 2.22. The quantitative estimate of drug-likeness (QED) is 0.868. The third kappa shape index (κ3) is 2.79. The Morgan fingerprint density at radius 1 is 1.41 bits per heavy atom. The molecule has 1 heterocycles. The molecule has 1 unspecified atom stereocenters. The van der Waals surface area contributed by atoms with Crippen molar-refractivity contribution in [3.05, 3.63) is 29.3 Å². The van der Waals surface area contributed by atoms with Crippen molar-refractivity contribution in [2.24, 2.45) is 0 Å². The number of ether oxygens (including phenoxy) is 2. The van der Waals surface area contributed by atoms with Crippen LogP contribution in [0.5, 0.6) is 5.75 Å². The molecule has 0 saturated heterocycles. The molecular formula is C14H21NO2. The fourth-order valence-electron chi connectivity index (χ4n) is 2.29. The van der Waals surface area contributed by atoms with Gasteiger partial charge in [0.1, 0.15) is 5.75 Å². The molecule has 1 aliphatic rings. The lowest BCUT2D eigenvalue weighted by Crippen LogP contribution is -2.33. The van der Waals surface area contributed by atoms with Crippen LogP contribution in [0.2, 0.25) is 0 Å². The molecule has 2 rings (SSSR count). The predicted octanol–water partition coefficient (Wildman–Crippen LogP) is 2.31. The molecule has 1 N–H and O–H groups in total. The molecule has 0 fully saturated rings. The number of nitrogens with one attached hydrogen (secondary N) is 1. The van der Waals surface area contributed by atoms with Crippen molar-refractivity contribution in [2.75, 3.05) is 20.3 Å². The van der Waals surface area contributed by atoms with Crippen molar-refractivity contribution in [3.63, 3.8) is 0 Å². The van der Waals surface area contributed by atoms with E-state index >= 15 is 0 Å². The summed E-state index contributed by atoms with van der Waals surface area (Å²) in [5.74, 6) is 0.999. The van der Waals surface area contributed by atoms with Crippen molar-refractivity contribution >= 4 is 0 Å². The second kappa shape index (κ2) is 5.52. The smallest absolute Gasteiger partial charge is 0.122 e. The lowest BCUT2D eigenvalue weighted by molar-refractivity contribution is 0.0598. The highest BCUT2D eigenvalue weighted by atomic mass is 16.5. The van der Waals surface area contributed by atoms with Gasteiger partial charge in [0, 0.05) is 5.56 Å². The van der Waals surface area contributed by atoms with Crippen LogP contribution in [0, 0.1) is 0 Å². The summed E-state index contributed by atoms with van der Waals surface area (Å²) in [6.45, 7) is 5.84. The van der Waals surface area contributed by atoms with E-state index in [4.69, 9.17) is 9.47 Å². The Balaban J connectivity index is 2.19. The molecule has 1 aromatic rings. The number of hydrogen-bond donors (Lipinski definition) is 1. The molecule has 0 radical (unpaired) electrons. The molecule has 0 aliphatic carbocycles. The van der Waals surface area contributed by atoms with E-state index in [1.165, 1.54) is 11.1 Å². The van der Waals surface area contributed by atoms with E-state index in [1.54, 1.807) is 7.11 Å². The van der Waals surface area contributed by atoms with Gasteiger partial charge in [-0.2, -0.15) is 0 Å². The third-order valence-electron chi connectivity index (χ3n) is 3.13. The minimum Gasteiger partial charge on any atom is -0.496 e. The number of methoxy groups -OCH3 is 1. The van der Waals surface area contributed by atoms with Gasteiger partial charge in [-0.3, -0.25) is 0 Å². The molecule has 0 spiro atoms. The van der Waals surface area contributed by atoms with Crippen LogP contribution in [-0.4, -0.2) is 26.4 Å². The van der Waals surface area contributed by atoms with Gasteiger partial charge in [0.25, 0.3) is 0 Å². The Morgan fingerprint density at radius 2 is 2.24 bits per heavy atom. The summed E-state index contributed by atoms with van der Waals surface area (Å²) in [5, 5.41) is 3.50. The first kappa shape index (κ1) is 12.4. The molecular weight excluding hydrogens is 214 g/mol. The molecule has 1 aliphatic heterocycles. The Kier molecular flexibility index (Phi) is 4.02. The Labute approximate surface area is 103 Å². The first-order chi connectivity index (χ1) is 8.22. The van der Waals surface area contributed by atoms with Crippen LogP contribution in [0.25, 0.3) is 0 Å². The summed E-state index contributed by atoms with van der Waals surface area (Å²) in [6.07, 6.45) is 1.30. The van der Waals surface area contributed by atoms with Gasteiger partial charge < -0.3 is 14.8 Å². The van der Waals surface area contributed by atoms with Gasteiger partial charge in [-0.15, -0.1) is 0 Å². The standard InChI is InChI=1S/C14H21NO2/c1-10(2)17-9-13-11-5-4-6-14(16-3)12(11)7-8-15-13/h4-6,10,13,15H,7-9H2,1-3H3. The minimum atomic E-state index is 0.271. The maximum atomic E-state index is 5.71. The topological polar surface area (TPSA) is 30.5 Å². The van der Waals surface area contributed by atoms with Gasteiger partial charge in [-0.25, -0.2) is 0 Å². The number of rotatable bonds is 4. The van der Waals surface area contributed by atoms with Crippen LogP contribution in [0.1, 0.15) is 31.0 Å². The van der Waals surface area contributed by atoms with Crippen LogP contribution in [-0.2, 0) is 11.2 Å². The van der Waals surface area contributed by atoms with Gasteiger partial charge in [0.05, 0.1) is 25.9 Å². The average Bonchev–Trinajstić information content (AvgIpc) is 2.35. The molecule has 1 atom stereocenters. The highest BCUT2D eigenvalue weighted by Crippen LogP contribution is 2.30. The monoisotopic (exact) mass is 235 g/mol. The van der Waals surface area contributed by atoms with Gasteiger partial charge in [-0.05, 0) is 38.4 Å². The van der Waals surface area contributed by atoms with E-state index in [9.17, 15) is 0 Å². The summed E-state index contributed by atoms with van der Waals surface area (Å²) >= 11 is 0. The van der Waals surface area contributed by atoms with Crippen LogP contribution < -0.4 is 10.1 Å².